The van der Waals surface area contributed by atoms with Crippen LogP contribution in [0.15, 0.2) is 24.3 Å². The van der Waals surface area contributed by atoms with E-state index in [1.807, 2.05) is 19.2 Å². The zero-order valence-corrected chi connectivity index (χ0v) is 13.8. The summed E-state index contributed by atoms with van der Waals surface area (Å²) in [4.78, 5) is 2.74. The molecule has 0 amide bonds. The molecule has 1 aliphatic carbocycles. The number of nitrogens with one attached hydrogen (secondary N) is 1. The molecule has 0 radical (unpaired) electrons. The van der Waals surface area contributed by atoms with Crippen LogP contribution in [0.2, 0.25) is 5.02 Å². The van der Waals surface area contributed by atoms with Gasteiger partial charge in [0.15, 0.2) is 0 Å². The zero-order chi connectivity index (χ0) is 14.7. The van der Waals surface area contributed by atoms with Crippen LogP contribution in [0, 0.1) is 5.92 Å². The highest BCUT2D eigenvalue weighted by molar-refractivity contribution is 6.31. The van der Waals surface area contributed by atoms with E-state index >= 15 is 0 Å². The molecule has 3 unspecified atom stereocenters. The molecule has 1 N–H and O–H groups in total. The minimum atomic E-state index is 0.362. The molecule has 1 aromatic rings. The van der Waals surface area contributed by atoms with Gasteiger partial charge < -0.3 is 10.2 Å². The van der Waals surface area contributed by atoms with Gasteiger partial charge in [0.25, 0.3) is 0 Å². The van der Waals surface area contributed by atoms with Crippen LogP contribution in [-0.4, -0.2) is 31.1 Å². The first-order valence-corrected chi connectivity index (χ1v) is 8.83. The quantitative estimate of drug-likeness (QED) is 0.874. The van der Waals surface area contributed by atoms with Crippen LogP contribution in [0.3, 0.4) is 0 Å². The molecule has 2 nitrogen and oxygen atoms in total. The van der Waals surface area contributed by atoms with Gasteiger partial charge in [0.1, 0.15) is 0 Å². The summed E-state index contributed by atoms with van der Waals surface area (Å²) in [5.74, 6) is 0.979. The molecule has 1 saturated carbocycles. The molecule has 1 saturated heterocycles. The van der Waals surface area contributed by atoms with Gasteiger partial charge in [-0.05, 0) is 56.8 Å². The van der Waals surface area contributed by atoms with E-state index in [9.17, 15) is 0 Å². The third-order valence-corrected chi connectivity index (χ3v) is 5.80. The molecule has 0 bridgehead atoms. The molecule has 2 aliphatic rings. The van der Waals surface area contributed by atoms with Crippen LogP contribution in [0.25, 0.3) is 0 Å². The van der Waals surface area contributed by atoms with Gasteiger partial charge in [0, 0.05) is 23.7 Å². The number of hydrogen-bond acceptors (Lipinski definition) is 2. The van der Waals surface area contributed by atoms with E-state index in [2.05, 4.69) is 22.3 Å². The van der Waals surface area contributed by atoms with Gasteiger partial charge in [0.2, 0.25) is 0 Å². The Hall–Kier alpha value is -0.570. The summed E-state index contributed by atoms with van der Waals surface area (Å²) in [6.07, 6.45) is 8.32. The fourth-order valence-electron chi connectivity index (χ4n) is 4.29. The summed E-state index contributed by atoms with van der Waals surface area (Å²) in [5.41, 5.74) is 1.24. The molecule has 116 valence electrons. The predicted molar refractivity (Wildman–Crippen MR) is 89.8 cm³/mol. The van der Waals surface area contributed by atoms with Gasteiger partial charge in [-0.2, -0.15) is 0 Å². The second kappa shape index (κ2) is 7.13. The summed E-state index contributed by atoms with van der Waals surface area (Å²) >= 11 is 6.35. The number of nitrogens with zero attached hydrogens (tertiary/aromatic N) is 1. The van der Waals surface area contributed by atoms with Gasteiger partial charge >= 0.3 is 0 Å². The fourth-order valence-corrected chi connectivity index (χ4v) is 4.56. The van der Waals surface area contributed by atoms with Crippen LogP contribution in [-0.2, 0) is 0 Å². The highest BCUT2D eigenvalue weighted by Gasteiger charge is 2.35. The molecule has 1 aromatic carbocycles. The Bertz CT molecular complexity index is 462. The average Bonchev–Trinajstić information content (AvgIpc) is 2.93. The first kappa shape index (κ1) is 15.3. The summed E-state index contributed by atoms with van der Waals surface area (Å²) < 4.78 is 0. The molecule has 0 aromatic heterocycles. The molecule has 3 rings (SSSR count). The van der Waals surface area contributed by atoms with Gasteiger partial charge in [-0.25, -0.2) is 0 Å². The van der Waals surface area contributed by atoms with E-state index in [1.165, 1.54) is 50.8 Å². The highest BCUT2D eigenvalue weighted by atomic mass is 35.5. The van der Waals surface area contributed by atoms with Crippen molar-refractivity contribution in [1.82, 2.24) is 10.2 Å². The van der Waals surface area contributed by atoms with E-state index in [1.54, 1.807) is 0 Å². The number of hydrogen-bond donors (Lipinski definition) is 1. The van der Waals surface area contributed by atoms with Crippen LogP contribution in [0.4, 0.5) is 0 Å². The Morgan fingerprint density at radius 1 is 1.24 bits per heavy atom. The Morgan fingerprint density at radius 2 is 2.05 bits per heavy atom. The van der Waals surface area contributed by atoms with Crippen molar-refractivity contribution in [1.29, 1.82) is 0 Å². The van der Waals surface area contributed by atoms with E-state index < -0.39 is 0 Å². The van der Waals surface area contributed by atoms with Gasteiger partial charge in [0.05, 0.1) is 0 Å². The number of halogens is 1. The lowest BCUT2D eigenvalue weighted by atomic mass is 9.85. The largest absolute Gasteiger partial charge is 0.313 e. The van der Waals surface area contributed by atoms with Crippen LogP contribution < -0.4 is 5.32 Å². The van der Waals surface area contributed by atoms with Crippen molar-refractivity contribution in [2.45, 2.75) is 50.6 Å². The van der Waals surface area contributed by atoms with E-state index in [-0.39, 0.29) is 0 Å². The molecule has 2 fully saturated rings. The second-order valence-corrected chi connectivity index (χ2v) is 7.00. The molecule has 1 aliphatic heterocycles. The summed E-state index contributed by atoms with van der Waals surface area (Å²) in [5, 5.41) is 4.33. The topological polar surface area (TPSA) is 15.3 Å². The van der Waals surface area contributed by atoms with Crippen molar-refractivity contribution in [2.24, 2.45) is 5.92 Å². The summed E-state index contributed by atoms with van der Waals surface area (Å²) in [6.45, 7) is 2.49. The molecule has 0 spiro atoms. The van der Waals surface area contributed by atoms with Crippen molar-refractivity contribution < 1.29 is 0 Å². The van der Waals surface area contributed by atoms with E-state index in [4.69, 9.17) is 11.6 Å². The summed E-state index contributed by atoms with van der Waals surface area (Å²) in [6, 6.07) is 9.46. The lowest BCUT2D eigenvalue weighted by Gasteiger charge is -2.32. The zero-order valence-electron chi connectivity index (χ0n) is 13.0. The normalized spacial score (nSPS) is 27.5. The maximum Gasteiger partial charge on any atom is 0.0453 e. The number of likely N-dealkylation sites (tertiary alicyclic amines) is 1. The van der Waals surface area contributed by atoms with Gasteiger partial charge in [-0.3, -0.25) is 0 Å². The minimum absolute atomic E-state index is 0.362. The minimum Gasteiger partial charge on any atom is -0.313 e. The average molecular weight is 307 g/mol. The van der Waals surface area contributed by atoms with Gasteiger partial charge in [-0.1, -0.05) is 42.6 Å². The Morgan fingerprint density at radius 3 is 2.86 bits per heavy atom. The third-order valence-electron chi connectivity index (χ3n) is 5.46. The lowest BCUT2D eigenvalue weighted by molar-refractivity contribution is 0.176. The predicted octanol–water partition coefficient (Wildman–Crippen LogP) is 4.26. The Labute approximate surface area is 133 Å². The summed E-state index contributed by atoms with van der Waals surface area (Å²) in [7, 11) is 2.04. The van der Waals surface area contributed by atoms with Crippen molar-refractivity contribution >= 4 is 11.6 Å². The third kappa shape index (κ3) is 3.44. The first-order valence-electron chi connectivity index (χ1n) is 8.45. The van der Waals surface area contributed by atoms with Crippen LogP contribution >= 0.6 is 11.6 Å². The fraction of sp³-hybridized carbons (Fsp3) is 0.667. The second-order valence-electron chi connectivity index (χ2n) is 6.59. The molecule has 3 atom stereocenters. The molecular formula is C18H27ClN2. The lowest BCUT2D eigenvalue weighted by Crippen LogP contribution is -2.36. The maximum atomic E-state index is 6.35. The SMILES string of the molecule is CNC(CCN1CCC2CCCCC21)c1ccccc1Cl. The van der Waals surface area contributed by atoms with Crippen molar-refractivity contribution in [3.8, 4) is 0 Å². The van der Waals surface area contributed by atoms with Crippen molar-refractivity contribution in [2.75, 3.05) is 20.1 Å². The van der Waals surface area contributed by atoms with Crippen molar-refractivity contribution in [3.05, 3.63) is 34.9 Å². The Kier molecular flexibility index (Phi) is 5.20. The molecule has 21 heavy (non-hydrogen) atoms. The van der Waals surface area contributed by atoms with E-state index in [0.29, 0.717) is 6.04 Å². The monoisotopic (exact) mass is 306 g/mol. The smallest absolute Gasteiger partial charge is 0.0453 e. The molecule has 1 heterocycles. The Balaban J connectivity index is 1.59. The molecule has 3 heteroatoms. The van der Waals surface area contributed by atoms with Gasteiger partial charge in [-0.15, -0.1) is 0 Å². The number of rotatable bonds is 5. The number of fused-ring (bicyclic) bond motifs is 1. The first-order chi connectivity index (χ1) is 10.3. The van der Waals surface area contributed by atoms with Crippen LogP contribution in [0.5, 0.6) is 0 Å². The van der Waals surface area contributed by atoms with Crippen molar-refractivity contribution in [3.63, 3.8) is 0 Å². The molecular weight excluding hydrogens is 280 g/mol. The highest BCUT2D eigenvalue weighted by Crippen LogP contribution is 2.36. The number of benzene rings is 1. The maximum absolute atomic E-state index is 6.35. The van der Waals surface area contributed by atoms with Crippen LogP contribution in [0.1, 0.15) is 50.1 Å². The van der Waals surface area contributed by atoms with E-state index in [0.717, 1.165) is 23.4 Å². The standard InChI is InChI=1S/C18H27ClN2/c1-20-17(15-7-3-4-8-16(15)19)11-13-21-12-10-14-6-2-5-9-18(14)21/h3-4,7-8,14,17-18,20H,2,5-6,9-13H2,1H3.